The van der Waals surface area contributed by atoms with Gasteiger partial charge in [-0.1, -0.05) is 5.16 Å². The molecule has 7 heteroatoms. The third kappa shape index (κ3) is 5.43. The molecular formula is C13H21N3O4. The Balaban J connectivity index is 2.32. The minimum Gasteiger partial charge on any atom is -0.492 e. The molecule has 1 unspecified atom stereocenters. The number of methoxy groups -OCH3 is 1. The van der Waals surface area contributed by atoms with Gasteiger partial charge in [0.1, 0.15) is 12.4 Å². The van der Waals surface area contributed by atoms with Crippen LogP contribution in [0, 0.1) is 0 Å². The number of aliphatic hydroxyl groups excluding tert-OH is 1. The van der Waals surface area contributed by atoms with Crippen LogP contribution >= 0.6 is 0 Å². The predicted octanol–water partition coefficient (Wildman–Crippen LogP) is -0.243. The Kier molecular flexibility index (Phi) is 7.41. The van der Waals surface area contributed by atoms with Crippen LogP contribution in [-0.4, -0.2) is 55.7 Å². The lowest BCUT2D eigenvalue weighted by atomic mass is 10.2. The van der Waals surface area contributed by atoms with Gasteiger partial charge in [0.15, 0.2) is 5.84 Å². The SMILES string of the molecule is COCC(CO)NCCOc1ccc(/C(N)=N/O)cc1. The third-order valence-corrected chi connectivity index (χ3v) is 2.65. The Morgan fingerprint density at radius 2 is 2.10 bits per heavy atom. The van der Waals surface area contributed by atoms with E-state index >= 15 is 0 Å². The zero-order chi connectivity index (χ0) is 14.8. The molecule has 1 aromatic carbocycles. The maximum atomic E-state index is 9.05. The van der Waals surface area contributed by atoms with Crippen LogP contribution in [0.4, 0.5) is 0 Å². The Bertz CT molecular complexity index is 409. The average molecular weight is 283 g/mol. The van der Waals surface area contributed by atoms with Crippen LogP contribution in [-0.2, 0) is 4.74 Å². The van der Waals surface area contributed by atoms with Gasteiger partial charge in [-0.25, -0.2) is 0 Å². The van der Waals surface area contributed by atoms with Crippen molar-refractivity contribution in [3.8, 4) is 5.75 Å². The fourth-order valence-corrected chi connectivity index (χ4v) is 1.59. The van der Waals surface area contributed by atoms with Gasteiger partial charge in [-0.05, 0) is 24.3 Å². The minimum absolute atomic E-state index is 0.0162. The summed E-state index contributed by atoms with van der Waals surface area (Å²) in [6.45, 7) is 1.52. The van der Waals surface area contributed by atoms with Gasteiger partial charge < -0.3 is 30.8 Å². The van der Waals surface area contributed by atoms with E-state index in [1.54, 1.807) is 31.4 Å². The summed E-state index contributed by atoms with van der Waals surface area (Å²) in [5.74, 6) is 0.747. The van der Waals surface area contributed by atoms with Crippen LogP contribution in [0.2, 0.25) is 0 Å². The summed E-state index contributed by atoms with van der Waals surface area (Å²) in [6, 6.07) is 6.81. The van der Waals surface area contributed by atoms with Crippen molar-refractivity contribution in [1.82, 2.24) is 5.32 Å². The van der Waals surface area contributed by atoms with E-state index in [4.69, 9.17) is 25.5 Å². The highest BCUT2D eigenvalue weighted by Gasteiger charge is 2.05. The van der Waals surface area contributed by atoms with E-state index < -0.39 is 0 Å². The van der Waals surface area contributed by atoms with E-state index in [0.29, 0.717) is 31.1 Å². The Hall–Kier alpha value is -1.83. The Labute approximate surface area is 118 Å². The van der Waals surface area contributed by atoms with Crippen molar-refractivity contribution in [2.75, 3.05) is 33.5 Å². The van der Waals surface area contributed by atoms with Gasteiger partial charge in [-0.2, -0.15) is 0 Å². The summed E-state index contributed by atoms with van der Waals surface area (Å²) in [5, 5.41) is 23.6. The second-order valence-electron chi connectivity index (χ2n) is 4.15. The fourth-order valence-electron chi connectivity index (χ4n) is 1.59. The molecule has 0 fully saturated rings. The Morgan fingerprint density at radius 1 is 1.40 bits per heavy atom. The highest BCUT2D eigenvalue weighted by atomic mass is 16.5. The lowest BCUT2D eigenvalue weighted by molar-refractivity contribution is 0.126. The average Bonchev–Trinajstić information content (AvgIpc) is 2.50. The van der Waals surface area contributed by atoms with Crippen LogP contribution in [0.1, 0.15) is 5.56 Å². The van der Waals surface area contributed by atoms with Crippen LogP contribution in [0.15, 0.2) is 29.4 Å². The summed E-state index contributed by atoms with van der Waals surface area (Å²) < 4.78 is 10.5. The van der Waals surface area contributed by atoms with Crippen molar-refractivity contribution in [2.24, 2.45) is 10.9 Å². The van der Waals surface area contributed by atoms with Gasteiger partial charge in [-0.3, -0.25) is 0 Å². The van der Waals surface area contributed by atoms with Gasteiger partial charge >= 0.3 is 0 Å². The first-order chi connectivity index (χ1) is 9.71. The number of benzene rings is 1. The molecular weight excluding hydrogens is 262 g/mol. The van der Waals surface area contributed by atoms with Crippen molar-refractivity contribution in [3.05, 3.63) is 29.8 Å². The molecule has 20 heavy (non-hydrogen) atoms. The highest BCUT2D eigenvalue weighted by Crippen LogP contribution is 2.11. The molecule has 7 nitrogen and oxygen atoms in total. The van der Waals surface area contributed by atoms with E-state index in [9.17, 15) is 0 Å². The van der Waals surface area contributed by atoms with Crippen molar-refractivity contribution >= 4 is 5.84 Å². The molecule has 0 heterocycles. The van der Waals surface area contributed by atoms with Crippen molar-refractivity contribution in [3.63, 3.8) is 0 Å². The van der Waals surface area contributed by atoms with Gasteiger partial charge in [0.2, 0.25) is 0 Å². The molecule has 0 bridgehead atoms. The number of nitrogens with one attached hydrogen (secondary N) is 1. The first-order valence-corrected chi connectivity index (χ1v) is 6.25. The molecule has 0 amide bonds. The molecule has 5 N–H and O–H groups in total. The number of hydrogen-bond donors (Lipinski definition) is 4. The van der Waals surface area contributed by atoms with Crippen LogP contribution in [0.25, 0.3) is 0 Å². The molecule has 0 aromatic heterocycles. The van der Waals surface area contributed by atoms with Gasteiger partial charge in [-0.15, -0.1) is 0 Å². The molecule has 0 aliphatic carbocycles. The fraction of sp³-hybridized carbons (Fsp3) is 0.462. The van der Waals surface area contributed by atoms with E-state index in [1.165, 1.54) is 0 Å². The van der Waals surface area contributed by atoms with Crippen LogP contribution < -0.4 is 15.8 Å². The maximum absolute atomic E-state index is 9.05. The number of oxime groups is 1. The molecule has 1 rings (SSSR count). The summed E-state index contributed by atoms with van der Waals surface area (Å²) in [7, 11) is 1.59. The smallest absolute Gasteiger partial charge is 0.170 e. The zero-order valence-electron chi connectivity index (χ0n) is 11.5. The Morgan fingerprint density at radius 3 is 2.65 bits per heavy atom. The van der Waals surface area contributed by atoms with Gasteiger partial charge in [0, 0.05) is 19.2 Å². The molecule has 1 atom stereocenters. The van der Waals surface area contributed by atoms with E-state index in [-0.39, 0.29) is 18.5 Å². The lowest BCUT2D eigenvalue weighted by Crippen LogP contribution is -2.38. The van der Waals surface area contributed by atoms with Gasteiger partial charge in [0.25, 0.3) is 0 Å². The van der Waals surface area contributed by atoms with E-state index in [2.05, 4.69) is 10.5 Å². The molecule has 1 aromatic rings. The second-order valence-corrected chi connectivity index (χ2v) is 4.15. The number of ether oxygens (including phenoxy) is 2. The summed E-state index contributed by atoms with van der Waals surface area (Å²) in [4.78, 5) is 0. The van der Waals surface area contributed by atoms with Crippen molar-refractivity contribution < 1.29 is 19.8 Å². The largest absolute Gasteiger partial charge is 0.492 e. The molecule has 0 saturated carbocycles. The molecule has 0 radical (unpaired) electrons. The summed E-state index contributed by atoms with van der Waals surface area (Å²) in [6.07, 6.45) is 0. The predicted molar refractivity (Wildman–Crippen MR) is 75.2 cm³/mol. The topological polar surface area (TPSA) is 109 Å². The number of rotatable bonds is 9. The minimum atomic E-state index is -0.0912. The summed E-state index contributed by atoms with van der Waals surface area (Å²) >= 11 is 0. The monoisotopic (exact) mass is 283 g/mol. The quantitative estimate of drug-likeness (QED) is 0.164. The van der Waals surface area contributed by atoms with Crippen molar-refractivity contribution in [2.45, 2.75) is 6.04 Å². The summed E-state index contributed by atoms with van der Waals surface area (Å²) in [5.41, 5.74) is 6.08. The maximum Gasteiger partial charge on any atom is 0.170 e. The van der Waals surface area contributed by atoms with Crippen LogP contribution in [0.5, 0.6) is 5.75 Å². The number of nitrogens with two attached hydrogens (primary N) is 1. The molecule has 112 valence electrons. The first kappa shape index (κ1) is 16.2. The number of hydrogen-bond acceptors (Lipinski definition) is 6. The van der Waals surface area contributed by atoms with Crippen LogP contribution in [0.3, 0.4) is 0 Å². The molecule has 0 aliphatic rings. The zero-order valence-corrected chi connectivity index (χ0v) is 11.5. The van der Waals surface area contributed by atoms with Gasteiger partial charge in [0.05, 0.1) is 19.3 Å². The second kappa shape index (κ2) is 9.13. The number of amidine groups is 1. The highest BCUT2D eigenvalue weighted by molar-refractivity contribution is 5.97. The molecule has 0 saturated heterocycles. The first-order valence-electron chi connectivity index (χ1n) is 6.25. The normalized spacial score (nSPS) is 13.2. The number of nitrogens with zero attached hydrogens (tertiary/aromatic N) is 1. The number of aliphatic hydroxyl groups is 1. The molecule has 0 aliphatic heterocycles. The standard InChI is InChI=1S/C13H21N3O4/c1-19-9-11(8-17)15-6-7-20-12-4-2-10(3-5-12)13(14)16-18/h2-5,11,15,17-18H,6-9H2,1H3,(H2,14,16). The van der Waals surface area contributed by atoms with E-state index in [1.807, 2.05) is 0 Å². The lowest BCUT2D eigenvalue weighted by Gasteiger charge is -2.15. The molecule has 0 spiro atoms. The van der Waals surface area contributed by atoms with Crippen molar-refractivity contribution in [1.29, 1.82) is 0 Å². The third-order valence-electron chi connectivity index (χ3n) is 2.65. The van der Waals surface area contributed by atoms with E-state index in [0.717, 1.165) is 0 Å².